The van der Waals surface area contributed by atoms with E-state index < -0.39 is 0 Å². The fourth-order valence-corrected chi connectivity index (χ4v) is 3.36. The first-order chi connectivity index (χ1) is 12.6. The summed E-state index contributed by atoms with van der Waals surface area (Å²) in [6.07, 6.45) is 1.06. The number of likely N-dealkylation sites (tertiary alicyclic amines) is 1. The van der Waals surface area contributed by atoms with Gasteiger partial charge in [-0.1, -0.05) is 0 Å². The summed E-state index contributed by atoms with van der Waals surface area (Å²) < 4.78 is 5.74. The van der Waals surface area contributed by atoms with Crippen molar-refractivity contribution in [2.75, 3.05) is 38.2 Å². The monoisotopic (exact) mass is 354 g/mol. The molecule has 4 rings (SSSR count). The van der Waals surface area contributed by atoms with Gasteiger partial charge in [-0.2, -0.15) is 0 Å². The van der Waals surface area contributed by atoms with Crippen LogP contribution in [0, 0.1) is 6.92 Å². The van der Waals surface area contributed by atoms with E-state index in [9.17, 15) is 9.59 Å². The third kappa shape index (κ3) is 2.69. The minimum absolute atomic E-state index is 0.0142. The average Bonchev–Trinajstić information content (AvgIpc) is 3.03. The van der Waals surface area contributed by atoms with Crippen molar-refractivity contribution in [3.8, 4) is 5.75 Å². The van der Waals surface area contributed by atoms with Gasteiger partial charge in [0, 0.05) is 37.5 Å². The number of aromatic nitrogens is 1. The van der Waals surface area contributed by atoms with Crippen LogP contribution in [0.4, 0.5) is 11.5 Å². The Morgan fingerprint density at radius 3 is 2.65 bits per heavy atom. The van der Waals surface area contributed by atoms with Gasteiger partial charge in [0.05, 0.1) is 6.54 Å². The highest BCUT2D eigenvalue weighted by Gasteiger charge is 2.28. The van der Waals surface area contributed by atoms with Crippen molar-refractivity contribution in [2.45, 2.75) is 13.3 Å². The SMILES string of the molecule is CNC(=O)c1ccc(N2CCOc3cc(C(=O)N4CCC4)[nH]c32)cc1C. The predicted molar refractivity (Wildman–Crippen MR) is 98.4 cm³/mol. The second kappa shape index (κ2) is 6.40. The van der Waals surface area contributed by atoms with Crippen LogP contribution in [0.25, 0.3) is 0 Å². The maximum Gasteiger partial charge on any atom is 0.270 e. The minimum atomic E-state index is -0.0981. The average molecular weight is 354 g/mol. The number of hydrogen-bond donors (Lipinski definition) is 2. The minimum Gasteiger partial charge on any atom is -0.488 e. The summed E-state index contributed by atoms with van der Waals surface area (Å²) in [7, 11) is 1.62. The normalized spacial score (nSPS) is 15.8. The number of hydrogen-bond acceptors (Lipinski definition) is 4. The molecule has 136 valence electrons. The molecule has 0 saturated carbocycles. The summed E-state index contributed by atoms with van der Waals surface area (Å²) in [6.45, 7) is 4.76. The van der Waals surface area contributed by atoms with Gasteiger partial charge in [0.25, 0.3) is 11.8 Å². The number of aromatic amines is 1. The molecular formula is C19H22N4O3. The Labute approximate surface area is 151 Å². The van der Waals surface area contributed by atoms with E-state index in [1.165, 1.54) is 0 Å². The molecule has 7 heteroatoms. The molecule has 1 aromatic carbocycles. The quantitative estimate of drug-likeness (QED) is 0.884. The second-order valence-electron chi connectivity index (χ2n) is 6.62. The smallest absolute Gasteiger partial charge is 0.270 e. The molecule has 2 N–H and O–H groups in total. The van der Waals surface area contributed by atoms with Crippen molar-refractivity contribution in [2.24, 2.45) is 0 Å². The first-order valence-electron chi connectivity index (χ1n) is 8.84. The molecule has 0 aliphatic carbocycles. The van der Waals surface area contributed by atoms with E-state index in [1.54, 1.807) is 13.1 Å². The fraction of sp³-hybridized carbons (Fsp3) is 0.368. The lowest BCUT2D eigenvalue weighted by Crippen LogP contribution is -2.42. The summed E-state index contributed by atoms with van der Waals surface area (Å²) in [4.78, 5) is 31.5. The molecule has 0 radical (unpaired) electrons. The largest absolute Gasteiger partial charge is 0.488 e. The van der Waals surface area contributed by atoms with Gasteiger partial charge in [0.15, 0.2) is 11.6 Å². The van der Waals surface area contributed by atoms with Crippen molar-refractivity contribution in [3.63, 3.8) is 0 Å². The Kier molecular flexibility index (Phi) is 4.06. The maximum atomic E-state index is 12.5. The van der Waals surface area contributed by atoms with E-state index in [2.05, 4.69) is 15.2 Å². The van der Waals surface area contributed by atoms with E-state index in [1.807, 2.05) is 30.0 Å². The molecule has 1 aromatic heterocycles. The number of nitrogens with zero attached hydrogens (tertiary/aromatic N) is 2. The lowest BCUT2D eigenvalue weighted by Gasteiger charge is -2.30. The molecule has 0 bridgehead atoms. The number of nitrogens with one attached hydrogen (secondary N) is 2. The first kappa shape index (κ1) is 16.5. The van der Waals surface area contributed by atoms with Crippen LogP contribution >= 0.6 is 0 Å². The van der Waals surface area contributed by atoms with E-state index in [4.69, 9.17) is 4.74 Å². The lowest BCUT2D eigenvalue weighted by molar-refractivity contribution is 0.0646. The van der Waals surface area contributed by atoms with Gasteiger partial charge < -0.3 is 24.8 Å². The molecule has 7 nitrogen and oxygen atoms in total. The van der Waals surface area contributed by atoms with Crippen LogP contribution < -0.4 is 15.0 Å². The summed E-state index contributed by atoms with van der Waals surface area (Å²) in [5.74, 6) is 1.39. The maximum absolute atomic E-state index is 12.5. The Bertz CT molecular complexity index is 870. The zero-order valence-electron chi connectivity index (χ0n) is 15.0. The van der Waals surface area contributed by atoms with Gasteiger partial charge in [0.1, 0.15) is 12.3 Å². The summed E-state index contributed by atoms with van der Waals surface area (Å²) in [5.41, 5.74) is 3.08. The van der Waals surface area contributed by atoms with Crippen molar-refractivity contribution >= 4 is 23.3 Å². The number of carbonyl (C=O) groups excluding carboxylic acids is 2. The van der Waals surface area contributed by atoms with Gasteiger partial charge in [0.2, 0.25) is 0 Å². The van der Waals surface area contributed by atoms with Gasteiger partial charge in [-0.3, -0.25) is 9.59 Å². The number of benzene rings is 1. The molecular weight excluding hydrogens is 332 g/mol. The number of rotatable bonds is 3. The Hall–Kier alpha value is -2.96. The van der Waals surface area contributed by atoms with E-state index >= 15 is 0 Å². The predicted octanol–water partition coefficient (Wildman–Crippen LogP) is 2.06. The van der Waals surface area contributed by atoms with Gasteiger partial charge in [-0.05, 0) is 37.1 Å². The molecule has 1 saturated heterocycles. The van der Waals surface area contributed by atoms with Crippen molar-refractivity contribution in [1.82, 2.24) is 15.2 Å². The number of amides is 2. The van der Waals surface area contributed by atoms with E-state index in [0.717, 1.165) is 36.6 Å². The highest BCUT2D eigenvalue weighted by molar-refractivity contribution is 5.96. The summed E-state index contributed by atoms with van der Waals surface area (Å²) in [6, 6.07) is 7.52. The third-order valence-corrected chi connectivity index (χ3v) is 4.97. The topological polar surface area (TPSA) is 77.7 Å². The Morgan fingerprint density at radius 2 is 2.00 bits per heavy atom. The summed E-state index contributed by atoms with van der Waals surface area (Å²) >= 11 is 0. The number of carbonyl (C=O) groups is 2. The lowest BCUT2D eigenvalue weighted by atomic mass is 10.1. The standard InChI is InChI=1S/C19H22N4O3/c1-12-10-13(4-5-14(12)18(24)20-2)23-8-9-26-16-11-15(21-17(16)23)19(25)22-6-3-7-22/h4-5,10-11,21H,3,6-9H2,1-2H3,(H,20,24). The van der Waals surface area contributed by atoms with Crippen LogP contribution in [0.3, 0.4) is 0 Å². The third-order valence-electron chi connectivity index (χ3n) is 4.97. The van der Waals surface area contributed by atoms with Gasteiger partial charge in [-0.25, -0.2) is 0 Å². The Morgan fingerprint density at radius 1 is 1.19 bits per heavy atom. The van der Waals surface area contributed by atoms with Crippen LogP contribution in [0.2, 0.25) is 0 Å². The van der Waals surface area contributed by atoms with Crippen LogP contribution in [0.1, 0.15) is 32.8 Å². The molecule has 2 aromatic rings. The first-order valence-corrected chi connectivity index (χ1v) is 8.84. The van der Waals surface area contributed by atoms with Crippen molar-refractivity contribution < 1.29 is 14.3 Å². The zero-order chi connectivity index (χ0) is 18.3. The molecule has 1 fully saturated rings. The highest BCUT2D eigenvalue weighted by atomic mass is 16.5. The molecule has 26 heavy (non-hydrogen) atoms. The molecule has 2 amide bonds. The summed E-state index contributed by atoms with van der Waals surface area (Å²) in [5, 5.41) is 2.65. The zero-order valence-corrected chi connectivity index (χ0v) is 15.0. The van der Waals surface area contributed by atoms with Crippen molar-refractivity contribution in [1.29, 1.82) is 0 Å². The van der Waals surface area contributed by atoms with Crippen LogP contribution in [0.15, 0.2) is 24.3 Å². The molecule has 2 aliphatic heterocycles. The number of anilines is 2. The highest BCUT2D eigenvalue weighted by Crippen LogP contribution is 2.37. The molecule has 2 aliphatic rings. The van der Waals surface area contributed by atoms with E-state index in [0.29, 0.717) is 30.2 Å². The van der Waals surface area contributed by atoms with Crippen LogP contribution in [0.5, 0.6) is 5.75 Å². The second-order valence-corrected chi connectivity index (χ2v) is 6.62. The molecule has 3 heterocycles. The van der Waals surface area contributed by atoms with Crippen LogP contribution in [-0.2, 0) is 0 Å². The number of ether oxygens (including phenoxy) is 1. The number of fused-ring (bicyclic) bond motifs is 1. The van der Waals surface area contributed by atoms with Crippen molar-refractivity contribution in [3.05, 3.63) is 41.1 Å². The number of aryl methyl sites for hydroxylation is 1. The van der Waals surface area contributed by atoms with Crippen LogP contribution in [-0.4, -0.2) is 55.0 Å². The van der Waals surface area contributed by atoms with Gasteiger partial charge in [-0.15, -0.1) is 0 Å². The Balaban J connectivity index is 1.65. The van der Waals surface area contributed by atoms with E-state index in [-0.39, 0.29) is 11.8 Å². The number of H-pyrrole nitrogens is 1. The van der Waals surface area contributed by atoms with Gasteiger partial charge >= 0.3 is 0 Å². The molecule has 0 atom stereocenters. The fourth-order valence-electron chi connectivity index (χ4n) is 3.36. The molecule has 0 spiro atoms. The molecule has 0 unspecified atom stereocenters.